The lowest BCUT2D eigenvalue weighted by Gasteiger charge is -2.10. The molecule has 12 heavy (non-hydrogen) atoms. The predicted octanol–water partition coefficient (Wildman–Crippen LogP) is 1.34. The first-order chi connectivity index (χ1) is 5.74. The Labute approximate surface area is 73.6 Å². The maximum absolute atomic E-state index is 5.88. The molecule has 0 aromatic heterocycles. The zero-order chi connectivity index (χ0) is 8.97. The molecular formula is C10H16N2. The Morgan fingerprint density at radius 1 is 1.25 bits per heavy atom. The molecule has 0 amide bonds. The van der Waals surface area contributed by atoms with Crippen LogP contribution in [0.15, 0.2) is 24.3 Å². The zero-order valence-corrected chi connectivity index (χ0v) is 7.46. The number of hydrogen-bond donors (Lipinski definition) is 2. The van der Waals surface area contributed by atoms with Crippen LogP contribution in [0.3, 0.4) is 0 Å². The summed E-state index contributed by atoms with van der Waals surface area (Å²) in [6, 6.07) is 8.37. The minimum absolute atomic E-state index is 0.0931. The van der Waals surface area contributed by atoms with E-state index in [1.54, 1.807) is 0 Å². The second-order valence-corrected chi connectivity index (χ2v) is 3.09. The van der Waals surface area contributed by atoms with Crippen molar-refractivity contribution in [3.63, 3.8) is 0 Å². The highest BCUT2D eigenvalue weighted by molar-refractivity contribution is 5.23. The molecule has 0 spiro atoms. The highest BCUT2D eigenvalue weighted by Gasteiger charge is 2.02. The van der Waals surface area contributed by atoms with Gasteiger partial charge in [0.1, 0.15) is 0 Å². The van der Waals surface area contributed by atoms with E-state index in [-0.39, 0.29) is 6.04 Å². The molecule has 2 nitrogen and oxygen atoms in total. The van der Waals surface area contributed by atoms with Gasteiger partial charge in [-0.15, -0.1) is 0 Å². The number of benzene rings is 1. The molecule has 0 saturated carbocycles. The van der Waals surface area contributed by atoms with Gasteiger partial charge in [-0.3, -0.25) is 0 Å². The van der Waals surface area contributed by atoms with Crippen molar-refractivity contribution in [1.29, 1.82) is 0 Å². The third kappa shape index (κ3) is 2.32. The maximum atomic E-state index is 5.88. The fourth-order valence-corrected chi connectivity index (χ4v) is 1.16. The summed E-state index contributed by atoms with van der Waals surface area (Å²) in [5, 5.41) is 0. The lowest BCUT2D eigenvalue weighted by Crippen LogP contribution is -2.15. The van der Waals surface area contributed by atoms with Crippen molar-refractivity contribution in [2.75, 3.05) is 6.54 Å². The molecule has 1 aromatic carbocycles. The van der Waals surface area contributed by atoms with E-state index in [1.807, 2.05) is 0 Å². The van der Waals surface area contributed by atoms with Gasteiger partial charge in [0.2, 0.25) is 0 Å². The van der Waals surface area contributed by atoms with Gasteiger partial charge in [0.25, 0.3) is 0 Å². The van der Waals surface area contributed by atoms with Crippen LogP contribution in [-0.2, 0) is 0 Å². The van der Waals surface area contributed by atoms with E-state index in [1.165, 1.54) is 11.1 Å². The molecular weight excluding hydrogens is 148 g/mol. The van der Waals surface area contributed by atoms with Gasteiger partial charge in [-0.1, -0.05) is 29.8 Å². The van der Waals surface area contributed by atoms with Crippen molar-refractivity contribution in [1.82, 2.24) is 0 Å². The minimum Gasteiger partial charge on any atom is -0.330 e. The van der Waals surface area contributed by atoms with Gasteiger partial charge in [0, 0.05) is 6.04 Å². The van der Waals surface area contributed by atoms with Crippen LogP contribution < -0.4 is 11.5 Å². The largest absolute Gasteiger partial charge is 0.330 e. The summed E-state index contributed by atoms with van der Waals surface area (Å²) in [7, 11) is 0. The Bertz CT molecular complexity index is 228. The summed E-state index contributed by atoms with van der Waals surface area (Å²) in [4.78, 5) is 0. The van der Waals surface area contributed by atoms with Crippen molar-refractivity contribution in [2.45, 2.75) is 19.4 Å². The van der Waals surface area contributed by atoms with Crippen molar-refractivity contribution in [2.24, 2.45) is 11.5 Å². The lowest BCUT2D eigenvalue weighted by molar-refractivity contribution is 0.661. The second kappa shape index (κ2) is 4.24. The Hall–Kier alpha value is -0.860. The predicted molar refractivity (Wildman–Crippen MR) is 51.8 cm³/mol. The van der Waals surface area contributed by atoms with Crippen LogP contribution in [0.25, 0.3) is 0 Å². The summed E-state index contributed by atoms with van der Waals surface area (Å²) < 4.78 is 0. The highest BCUT2D eigenvalue weighted by Crippen LogP contribution is 2.13. The first kappa shape index (κ1) is 9.23. The monoisotopic (exact) mass is 164 g/mol. The molecule has 0 saturated heterocycles. The van der Waals surface area contributed by atoms with E-state index >= 15 is 0 Å². The molecule has 0 fully saturated rings. The van der Waals surface area contributed by atoms with Gasteiger partial charge >= 0.3 is 0 Å². The van der Waals surface area contributed by atoms with Gasteiger partial charge in [-0.05, 0) is 25.5 Å². The van der Waals surface area contributed by atoms with Crippen LogP contribution in [0.2, 0.25) is 0 Å². The molecule has 66 valence electrons. The Morgan fingerprint density at radius 3 is 2.33 bits per heavy atom. The summed E-state index contributed by atoms with van der Waals surface area (Å²) >= 11 is 0. The third-order valence-electron chi connectivity index (χ3n) is 1.98. The summed E-state index contributed by atoms with van der Waals surface area (Å²) in [5.41, 5.74) is 13.7. The van der Waals surface area contributed by atoms with E-state index < -0.39 is 0 Å². The van der Waals surface area contributed by atoms with Gasteiger partial charge in [0.15, 0.2) is 0 Å². The zero-order valence-electron chi connectivity index (χ0n) is 7.46. The van der Waals surface area contributed by atoms with Crippen molar-refractivity contribution in [3.8, 4) is 0 Å². The molecule has 0 bridgehead atoms. The van der Waals surface area contributed by atoms with Gasteiger partial charge < -0.3 is 11.5 Å². The van der Waals surface area contributed by atoms with Gasteiger partial charge in [0.05, 0.1) is 0 Å². The summed E-state index contributed by atoms with van der Waals surface area (Å²) in [5.74, 6) is 0. The minimum atomic E-state index is 0.0931. The summed E-state index contributed by atoms with van der Waals surface area (Å²) in [6.45, 7) is 2.72. The molecule has 2 heteroatoms. The van der Waals surface area contributed by atoms with Crippen LogP contribution >= 0.6 is 0 Å². The van der Waals surface area contributed by atoms with Crippen LogP contribution in [0, 0.1) is 6.92 Å². The fraction of sp³-hybridized carbons (Fsp3) is 0.400. The molecule has 4 N–H and O–H groups in total. The molecule has 0 heterocycles. The average molecular weight is 164 g/mol. The Balaban J connectivity index is 2.68. The van der Waals surface area contributed by atoms with Crippen LogP contribution in [0.5, 0.6) is 0 Å². The molecule has 0 aliphatic heterocycles. The lowest BCUT2D eigenvalue weighted by atomic mass is 10.0. The highest BCUT2D eigenvalue weighted by atomic mass is 14.7. The maximum Gasteiger partial charge on any atom is 0.0306 e. The smallest absolute Gasteiger partial charge is 0.0306 e. The van der Waals surface area contributed by atoms with Gasteiger partial charge in [-0.2, -0.15) is 0 Å². The van der Waals surface area contributed by atoms with Crippen molar-refractivity contribution < 1.29 is 0 Å². The summed E-state index contributed by atoms with van der Waals surface area (Å²) in [6.07, 6.45) is 0.850. The van der Waals surface area contributed by atoms with E-state index in [9.17, 15) is 0 Å². The fourth-order valence-electron chi connectivity index (χ4n) is 1.16. The standard InChI is InChI=1S/C10H16N2/c1-8-2-4-9(5-3-8)10(12)6-7-11/h2-5,10H,6-7,11-12H2,1H3/t10-/m1/s1. The topological polar surface area (TPSA) is 52.0 Å². The van der Waals surface area contributed by atoms with E-state index in [0.29, 0.717) is 6.54 Å². The molecule has 1 atom stereocenters. The number of rotatable bonds is 3. The molecule has 1 rings (SSSR count). The number of aryl methyl sites for hydroxylation is 1. The van der Waals surface area contributed by atoms with E-state index in [0.717, 1.165) is 6.42 Å². The second-order valence-electron chi connectivity index (χ2n) is 3.09. The number of hydrogen-bond acceptors (Lipinski definition) is 2. The van der Waals surface area contributed by atoms with Crippen molar-refractivity contribution >= 4 is 0 Å². The molecule has 1 aromatic rings. The quantitative estimate of drug-likeness (QED) is 0.708. The first-order valence-corrected chi connectivity index (χ1v) is 4.26. The van der Waals surface area contributed by atoms with Crippen LogP contribution in [-0.4, -0.2) is 6.54 Å². The molecule has 0 aliphatic carbocycles. The van der Waals surface area contributed by atoms with E-state index in [2.05, 4.69) is 31.2 Å². The first-order valence-electron chi connectivity index (χ1n) is 4.26. The van der Waals surface area contributed by atoms with Crippen LogP contribution in [0.1, 0.15) is 23.6 Å². The molecule has 0 radical (unpaired) electrons. The molecule has 0 aliphatic rings. The Kier molecular flexibility index (Phi) is 3.26. The number of nitrogens with two attached hydrogens (primary N) is 2. The van der Waals surface area contributed by atoms with Crippen LogP contribution in [0.4, 0.5) is 0 Å². The molecule has 0 unspecified atom stereocenters. The Morgan fingerprint density at radius 2 is 1.83 bits per heavy atom. The van der Waals surface area contributed by atoms with Gasteiger partial charge in [-0.25, -0.2) is 0 Å². The third-order valence-corrected chi connectivity index (χ3v) is 1.98. The average Bonchev–Trinajstić information content (AvgIpc) is 2.06. The SMILES string of the molecule is Cc1ccc([C@H](N)CCN)cc1. The normalized spacial score (nSPS) is 12.9. The van der Waals surface area contributed by atoms with E-state index in [4.69, 9.17) is 11.5 Å². The van der Waals surface area contributed by atoms with Crippen molar-refractivity contribution in [3.05, 3.63) is 35.4 Å².